The SMILES string of the molecule is CCNC(=NCC(C)(C)C(N)=O)N1CCC(C)(C)C1. The molecule has 0 spiro atoms. The highest BCUT2D eigenvalue weighted by atomic mass is 16.1. The summed E-state index contributed by atoms with van der Waals surface area (Å²) in [4.78, 5) is 18.2. The second-order valence-corrected chi connectivity index (χ2v) is 6.75. The van der Waals surface area contributed by atoms with Crippen LogP contribution in [0.15, 0.2) is 4.99 Å². The van der Waals surface area contributed by atoms with Crippen LogP contribution in [0.25, 0.3) is 0 Å². The van der Waals surface area contributed by atoms with Crippen molar-refractivity contribution in [3.05, 3.63) is 0 Å². The summed E-state index contributed by atoms with van der Waals surface area (Å²) >= 11 is 0. The van der Waals surface area contributed by atoms with Gasteiger partial charge in [-0.25, -0.2) is 0 Å². The molecule has 0 aromatic heterocycles. The normalized spacial score (nSPS) is 19.6. The van der Waals surface area contributed by atoms with Crippen LogP contribution >= 0.6 is 0 Å². The van der Waals surface area contributed by atoms with Crippen LogP contribution in [0.5, 0.6) is 0 Å². The minimum atomic E-state index is -0.601. The van der Waals surface area contributed by atoms with Crippen LogP contribution in [0, 0.1) is 10.8 Å². The molecule has 5 heteroatoms. The molecule has 1 fully saturated rings. The van der Waals surface area contributed by atoms with Gasteiger partial charge >= 0.3 is 0 Å². The number of rotatable bonds is 4. The molecule has 5 nitrogen and oxygen atoms in total. The lowest BCUT2D eigenvalue weighted by Gasteiger charge is -2.25. The van der Waals surface area contributed by atoms with Crippen LogP contribution in [-0.2, 0) is 4.79 Å². The predicted octanol–water partition coefficient (Wildman–Crippen LogP) is 1.20. The Hall–Kier alpha value is -1.26. The van der Waals surface area contributed by atoms with Crippen molar-refractivity contribution in [1.29, 1.82) is 0 Å². The average Bonchev–Trinajstić information content (AvgIpc) is 2.64. The maximum absolute atomic E-state index is 11.3. The van der Waals surface area contributed by atoms with Crippen LogP contribution in [0.2, 0.25) is 0 Å². The van der Waals surface area contributed by atoms with Crippen LogP contribution in [-0.4, -0.2) is 42.9 Å². The number of hydrogen-bond donors (Lipinski definition) is 2. The zero-order valence-corrected chi connectivity index (χ0v) is 12.9. The third-order valence-corrected chi connectivity index (χ3v) is 3.60. The summed E-state index contributed by atoms with van der Waals surface area (Å²) in [6, 6.07) is 0. The Morgan fingerprint density at radius 3 is 2.53 bits per heavy atom. The molecular formula is C14H28N4O. The van der Waals surface area contributed by atoms with E-state index in [1.165, 1.54) is 0 Å². The molecule has 1 heterocycles. The van der Waals surface area contributed by atoms with Gasteiger partial charge in [0.05, 0.1) is 12.0 Å². The Balaban J connectivity index is 2.75. The van der Waals surface area contributed by atoms with Crippen molar-refractivity contribution in [2.45, 2.75) is 41.0 Å². The highest BCUT2D eigenvalue weighted by Crippen LogP contribution is 2.28. The zero-order valence-electron chi connectivity index (χ0n) is 12.9. The molecule has 3 N–H and O–H groups in total. The van der Waals surface area contributed by atoms with Gasteiger partial charge in [-0.15, -0.1) is 0 Å². The van der Waals surface area contributed by atoms with E-state index < -0.39 is 5.41 Å². The Kier molecular flexibility index (Phi) is 4.82. The minimum absolute atomic E-state index is 0.311. The summed E-state index contributed by atoms with van der Waals surface area (Å²) in [5.41, 5.74) is 5.11. The van der Waals surface area contributed by atoms with Gasteiger partial charge in [0.2, 0.25) is 5.91 Å². The fraction of sp³-hybridized carbons (Fsp3) is 0.857. The molecule has 1 aliphatic heterocycles. The van der Waals surface area contributed by atoms with Gasteiger partial charge in [0.1, 0.15) is 0 Å². The predicted molar refractivity (Wildman–Crippen MR) is 78.9 cm³/mol. The van der Waals surface area contributed by atoms with E-state index in [0.717, 1.165) is 32.0 Å². The number of nitrogens with two attached hydrogens (primary N) is 1. The quantitative estimate of drug-likeness (QED) is 0.594. The van der Waals surface area contributed by atoms with Crippen LogP contribution in [0.3, 0.4) is 0 Å². The molecule has 0 unspecified atom stereocenters. The minimum Gasteiger partial charge on any atom is -0.369 e. The molecule has 1 aliphatic rings. The highest BCUT2D eigenvalue weighted by Gasteiger charge is 2.31. The number of nitrogens with zero attached hydrogens (tertiary/aromatic N) is 2. The number of carbonyl (C=O) groups is 1. The van der Waals surface area contributed by atoms with Crippen molar-refractivity contribution in [3.63, 3.8) is 0 Å². The molecule has 1 saturated heterocycles. The summed E-state index contributed by atoms with van der Waals surface area (Å²) < 4.78 is 0. The monoisotopic (exact) mass is 268 g/mol. The standard InChI is InChI=1S/C14H28N4O/c1-6-16-12(17-9-14(4,5)11(15)19)18-8-7-13(2,3)10-18/h6-10H2,1-5H3,(H2,15,19)(H,16,17). The van der Waals surface area contributed by atoms with Crippen molar-refractivity contribution in [1.82, 2.24) is 10.2 Å². The van der Waals surface area contributed by atoms with E-state index in [4.69, 9.17) is 5.73 Å². The molecule has 0 saturated carbocycles. The van der Waals surface area contributed by atoms with Crippen molar-refractivity contribution in [2.75, 3.05) is 26.2 Å². The van der Waals surface area contributed by atoms with E-state index in [9.17, 15) is 4.79 Å². The number of amides is 1. The molecule has 0 radical (unpaired) electrons. The third kappa shape index (κ3) is 4.40. The topological polar surface area (TPSA) is 70.7 Å². The van der Waals surface area contributed by atoms with Gasteiger partial charge in [-0.05, 0) is 32.6 Å². The fourth-order valence-corrected chi connectivity index (χ4v) is 2.07. The van der Waals surface area contributed by atoms with Gasteiger partial charge in [0.25, 0.3) is 0 Å². The fourth-order valence-electron chi connectivity index (χ4n) is 2.07. The smallest absolute Gasteiger partial charge is 0.224 e. The number of aliphatic imine (C=N–C) groups is 1. The number of hydrogen-bond acceptors (Lipinski definition) is 2. The van der Waals surface area contributed by atoms with Crippen LogP contribution in [0.1, 0.15) is 41.0 Å². The van der Waals surface area contributed by atoms with Crippen LogP contribution < -0.4 is 11.1 Å². The first-order valence-electron chi connectivity index (χ1n) is 7.01. The second-order valence-electron chi connectivity index (χ2n) is 6.75. The first kappa shape index (κ1) is 15.8. The average molecular weight is 268 g/mol. The number of primary amides is 1. The van der Waals surface area contributed by atoms with E-state index >= 15 is 0 Å². The van der Waals surface area contributed by atoms with E-state index in [1.54, 1.807) is 0 Å². The highest BCUT2D eigenvalue weighted by molar-refractivity contribution is 5.83. The second kappa shape index (κ2) is 5.80. The van der Waals surface area contributed by atoms with Gasteiger partial charge in [0.15, 0.2) is 5.96 Å². The lowest BCUT2D eigenvalue weighted by atomic mass is 9.93. The van der Waals surface area contributed by atoms with Gasteiger partial charge in [0, 0.05) is 19.6 Å². The maximum Gasteiger partial charge on any atom is 0.224 e. The Morgan fingerprint density at radius 2 is 2.11 bits per heavy atom. The Morgan fingerprint density at radius 1 is 1.47 bits per heavy atom. The zero-order chi connectivity index (χ0) is 14.7. The Labute approximate surface area is 116 Å². The Bertz CT molecular complexity index is 360. The number of nitrogens with one attached hydrogen (secondary N) is 1. The maximum atomic E-state index is 11.3. The van der Waals surface area contributed by atoms with E-state index in [-0.39, 0.29) is 5.91 Å². The lowest BCUT2D eigenvalue weighted by Crippen LogP contribution is -2.42. The molecular weight excluding hydrogens is 240 g/mol. The number of carbonyl (C=O) groups excluding carboxylic acids is 1. The third-order valence-electron chi connectivity index (χ3n) is 3.60. The summed E-state index contributed by atoms with van der Waals surface area (Å²) in [7, 11) is 0. The first-order valence-corrected chi connectivity index (χ1v) is 7.01. The summed E-state index contributed by atoms with van der Waals surface area (Å²) in [6.45, 7) is 13.5. The van der Waals surface area contributed by atoms with E-state index in [2.05, 4.69) is 36.0 Å². The summed E-state index contributed by atoms with van der Waals surface area (Å²) in [5.74, 6) is 0.580. The molecule has 19 heavy (non-hydrogen) atoms. The van der Waals surface area contributed by atoms with Crippen LogP contribution in [0.4, 0.5) is 0 Å². The largest absolute Gasteiger partial charge is 0.369 e. The molecule has 0 aliphatic carbocycles. The van der Waals surface area contributed by atoms with E-state index in [1.807, 2.05) is 13.8 Å². The number of guanidine groups is 1. The molecule has 110 valence electrons. The van der Waals surface area contributed by atoms with E-state index in [0.29, 0.717) is 12.0 Å². The van der Waals surface area contributed by atoms with Crippen molar-refractivity contribution >= 4 is 11.9 Å². The number of likely N-dealkylation sites (tertiary alicyclic amines) is 1. The molecule has 0 aromatic rings. The molecule has 0 bridgehead atoms. The lowest BCUT2D eigenvalue weighted by molar-refractivity contribution is -0.125. The summed E-state index contributed by atoms with van der Waals surface area (Å²) in [5, 5.41) is 3.30. The molecule has 0 aromatic carbocycles. The van der Waals surface area contributed by atoms with Crippen molar-refractivity contribution < 1.29 is 4.79 Å². The van der Waals surface area contributed by atoms with Gasteiger partial charge < -0.3 is 16.0 Å². The van der Waals surface area contributed by atoms with Gasteiger partial charge in [-0.3, -0.25) is 9.79 Å². The van der Waals surface area contributed by atoms with Gasteiger partial charge in [-0.1, -0.05) is 13.8 Å². The first-order chi connectivity index (χ1) is 8.68. The van der Waals surface area contributed by atoms with Crippen molar-refractivity contribution in [2.24, 2.45) is 21.6 Å². The van der Waals surface area contributed by atoms with Crippen molar-refractivity contribution in [3.8, 4) is 0 Å². The molecule has 1 amide bonds. The summed E-state index contributed by atoms with van der Waals surface area (Å²) in [6.07, 6.45) is 1.16. The molecule has 0 atom stereocenters. The molecule has 1 rings (SSSR count). The van der Waals surface area contributed by atoms with Gasteiger partial charge in [-0.2, -0.15) is 0 Å².